The van der Waals surface area contributed by atoms with Crippen molar-refractivity contribution in [3.05, 3.63) is 45.5 Å². The van der Waals surface area contributed by atoms with E-state index in [-0.39, 0.29) is 0 Å². The standard InChI is InChI=1S/C10H11N3.C3H7N.Pt/c1-13-8-11-10(12-13)7-9-5-3-2-4-6-9;4-3-1-2-3;/h2-6H,7H2,1H3,(H,11,12);3H,1-2,4H2;. The second kappa shape index (κ2) is 6.26. The first-order valence-corrected chi connectivity index (χ1v) is 7.15. The Labute approximate surface area is 118 Å². The topological polar surface area (TPSA) is 59.6 Å². The van der Waals surface area contributed by atoms with Crippen LogP contribution in [0.5, 0.6) is 0 Å². The maximum absolute atomic E-state index is 5.22. The summed E-state index contributed by atoms with van der Waals surface area (Å²) in [5.74, 6) is 1.00. The molecule has 0 unspecified atom stereocenters. The molecule has 0 aliphatic heterocycles. The molecule has 1 saturated carbocycles. The number of nitrogens with one attached hydrogen (secondary N) is 1. The number of hydrogen-bond acceptors (Lipinski definition) is 2. The van der Waals surface area contributed by atoms with E-state index in [2.05, 4.69) is 41.6 Å². The van der Waals surface area contributed by atoms with Crippen LogP contribution >= 0.6 is 0 Å². The fraction of sp³-hybridized carbons (Fsp3) is 0.385. The third-order valence-electron chi connectivity index (χ3n) is 2.61. The predicted molar refractivity (Wildman–Crippen MR) is 67.3 cm³/mol. The summed E-state index contributed by atoms with van der Waals surface area (Å²) in [6.45, 7) is 0. The summed E-state index contributed by atoms with van der Waals surface area (Å²) in [5.41, 5.74) is 6.50. The van der Waals surface area contributed by atoms with E-state index in [9.17, 15) is 0 Å². The zero-order valence-corrected chi connectivity index (χ0v) is 12.6. The van der Waals surface area contributed by atoms with Gasteiger partial charge < -0.3 is 5.73 Å². The number of aryl methyl sites for hydroxylation is 1. The molecule has 1 aliphatic rings. The largest absolute Gasteiger partial charge is 0.328 e. The molecule has 1 fully saturated rings. The molecule has 0 bridgehead atoms. The van der Waals surface area contributed by atoms with Crippen molar-refractivity contribution in [1.82, 2.24) is 14.8 Å². The van der Waals surface area contributed by atoms with Crippen LogP contribution in [0.1, 0.15) is 24.2 Å². The summed E-state index contributed by atoms with van der Waals surface area (Å²) in [6, 6.07) is 10.9. The van der Waals surface area contributed by atoms with E-state index in [4.69, 9.17) is 5.73 Å². The molecule has 0 atom stereocenters. The smallest absolute Gasteiger partial charge is 0.00399 e. The van der Waals surface area contributed by atoms with Crippen molar-refractivity contribution in [1.29, 1.82) is 0 Å². The molecule has 1 aromatic carbocycles. The Kier molecular flexibility index (Phi) is 4.67. The number of nitrogens with two attached hydrogens (primary N) is 1. The van der Waals surface area contributed by atoms with Gasteiger partial charge in [0.2, 0.25) is 0 Å². The van der Waals surface area contributed by atoms with Gasteiger partial charge in [0.05, 0.1) is 0 Å². The molecule has 2 aromatic rings. The summed E-state index contributed by atoms with van der Waals surface area (Å²) < 4.78 is 2.90. The average Bonchev–Trinajstić information content (AvgIpc) is 3.07. The van der Waals surface area contributed by atoms with E-state index in [1.54, 1.807) is 0 Å². The van der Waals surface area contributed by atoms with Crippen molar-refractivity contribution in [3.63, 3.8) is 0 Å². The summed E-state index contributed by atoms with van der Waals surface area (Å²) in [7, 11) is 1.96. The van der Waals surface area contributed by atoms with Gasteiger partial charge in [-0.1, -0.05) is 0 Å². The Hall–Kier alpha value is -0.992. The van der Waals surface area contributed by atoms with Crippen molar-refractivity contribution < 1.29 is 19.4 Å². The zero-order chi connectivity index (χ0) is 13.0. The van der Waals surface area contributed by atoms with Crippen LogP contribution in [0.2, 0.25) is 0 Å². The van der Waals surface area contributed by atoms with Crippen molar-refractivity contribution in [2.45, 2.75) is 25.3 Å². The van der Waals surface area contributed by atoms with Crippen molar-refractivity contribution in [2.75, 3.05) is 0 Å². The van der Waals surface area contributed by atoms with Gasteiger partial charge in [0, 0.05) is 6.04 Å². The van der Waals surface area contributed by atoms with Gasteiger partial charge in [-0.25, -0.2) is 0 Å². The van der Waals surface area contributed by atoms with Crippen LogP contribution < -0.4 is 5.73 Å². The van der Waals surface area contributed by atoms with Crippen molar-refractivity contribution >= 4 is 0 Å². The number of rotatable bonds is 2. The monoisotopic (exact) mass is 425 g/mol. The average molecular weight is 425 g/mol. The maximum Gasteiger partial charge on any atom is 0.00399 e. The molecule has 0 saturated heterocycles. The van der Waals surface area contributed by atoms with Gasteiger partial charge in [-0.15, -0.1) is 0 Å². The fourth-order valence-electron chi connectivity index (χ4n) is 1.40. The second-order valence-corrected chi connectivity index (χ2v) is 5.49. The van der Waals surface area contributed by atoms with Gasteiger partial charge in [-0.05, 0) is 12.8 Å². The van der Waals surface area contributed by atoms with Crippen LogP contribution in [-0.4, -0.2) is 20.8 Å². The van der Waals surface area contributed by atoms with E-state index < -0.39 is 0 Å². The van der Waals surface area contributed by atoms with Crippen LogP contribution in [0.4, 0.5) is 0 Å². The molecule has 3 rings (SSSR count). The van der Waals surface area contributed by atoms with Gasteiger partial charge in [-0.2, -0.15) is 0 Å². The maximum atomic E-state index is 5.22. The first-order chi connectivity index (χ1) is 8.65. The van der Waals surface area contributed by atoms with Gasteiger partial charge in [-0.3, -0.25) is 0 Å². The molecule has 18 heavy (non-hydrogen) atoms. The van der Waals surface area contributed by atoms with Crippen LogP contribution in [0, 0.1) is 3.80 Å². The summed E-state index contributed by atoms with van der Waals surface area (Å²) >= 11 is 2.19. The number of nitrogens with zero attached hydrogens (tertiary/aromatic N) is 2. The number of benzene rings is 1. The quantitative estimate of drug-likeness (QED) is 0.767. The second-order valence-electron chi connectivity index (χ2n) is 4.47. The Balaban J connectivity index is 0.000000256. The van der Waals surface area contributed by atoms with Crippen LogP contribution in [-0.2, 0) is 32.8 Å². The van der Waals surface area contributed by atoms with Crippen molar-refractivity contribution in [3.8, 4) is 0 Å². The Bertz CT molecular complexity index is 540. The van der Waals surface area contributed by atoms with E-state index in [1.165, 1.54) is 18.4 Å². The SMILES string of the molecule is Cn1[nH]c(Cc2ccccc2)n[c]1=[Pt].NC1CC1. The van der Waals surface area contributed by atoms with Crippen LogP contribution in [0.3, 0.4) is 0 Å². The van der Waals surface area contributed by atoms with Gasteiger partial charge >= 0.3 is 93.1 Å². The zero-order valence-electron chi connectivity index (χ0n) is 10.4. The van der Waals surface area contributed by atoms with Crippen molar-refractivity contribution in [2.24, 2.45) is 12.8 Å². The first kappa shape index (κ1) is 13.4. The third-order valence-corrected chi connectivity index (χ3v) is 3.63. The van der Waals surface area contributed by atoms with Crippen LogP contribution in [0.15, 0.2) is 30.3 Å². The van der Waals surface area contributed by atoms with E-state index >= 15 is 0 Å². The molecule has 4 nitrogen and oxygen atoms in total. The molecule has 0 radical (unpaired) electrons. The summed E-state index contributed by atoms with van der Waals surface area (Å²) in [6.07, 6.45) is 3.39. The summed E-state index contributed by atoms with van der Waals surface area (Å²) in [5, 5.41) is 3.19. The minimum absolute atomic E-state index is 0.583. The van der Waals surface area contributed by atoms with Gasteiger partial charge in [0.25, 0.3) is 0 Å². The third kappa shape index (κ3) is 4.35. The molecule has 5 heteroatoms. The normalized spacial score (nSPS) is 14.0. The minimum atomic E-state index is 0.583. The molecule has 1 aliphatic carbocycles. The molecule has 0 amide bonds. The Morgan fingerprint density at radius 2 is 2.00 bits per heavy atom. The molecular weight excluding hydrogens is 407 g/mol. The molecule has 100 valence electrons. The van der Waals surface area contributed by atoms with E-state index in [0.29, 0.717) is 6.04 Å². The molecule has 1 aromatic heterocycles. The Morgan fingerprint density at radius 1 is 1.39 bits per heavy atom. The number of hydrogen-bond donors (Lipinski definition) is 2. The van der Waals surface area contributed by atoms with Gasteiger partial charge in [0.15, 0.2) is 0 Å². The summed E-state index contributed by atoms with van der Waals surface area (Å²) in [4.78, 5) is 4.40. The van der Waals surface area contributed by atoms with E-state index in [0.717, 1.165) is 16.0 Å². The predicted octanol–water partition coefficient (Wildman–Crippen LogP) is 1.53. The minimum Gasteiger partial charge on any atom is -0.328 e. The Morgan fingerprint density at radius 3 is 2.44 bits per heavy atom. The first-order valence-electron chi connectivity index (χ1n) is 6.02. The van der Waals surface area contributed by atoms with Crippen LogP contribution in [0.25, 0.3) is 0 Å². The molecule has 3 N–H and O–H groups in total. The number of H-pyrrole nitrogens is 1. The van der Waals surface area contributed by atoms with E-state index in [1.807, 2.05) is 29.9 Å². The molecule has 0 spiro atoms. The van der Waals surface area contributed by atoms with Gasteiger partial charge in [0.1, 0.15) is 0 Å². The molecular formula is C13H18N4Pt. The fourth-order valence-corrected chi connectivity index (χ4v) is 1.84. The number of aromatic nitrogens is 3. The molecule has 1 heterocycles. The number of aromatic amines is 1.